The minimum Gasteiger partial charge on any atom is -0.493 e. The second-order valence-electron chi connectivity index (χ2n) is 8.60. The molecule has 0 aromatic heterocycles. The Balaban J connectivity index is 2.15. The molecule has 0 bridgehead atoms. The van der Waals surface area contributed by atoms with Gasteiger partial charge in [-0.25, -0.2) is 4.79 Å². The van der Waals surface area contributed by atoms with E-state index in [4.69, 9.17) is 14.6 Å². The highest BCUT2D eigenvalue weighted by Crippen LogP contribution is 2.42. The first-order chi connectivity index (χ1) is 17.6. The van der Waals surface area contributed by atoms with Crippen LogP contribution >= 0.6 is 0 Å². The molecule has 1 aliphatic heterocycles. The van der Waals surface area contributed by atoms with Gasteiger partial charge in [-0.3, -0.25) is 0 Å². The van der Waals surface area contributed by atoms with Gasteiger partial charge in [-0.05, 0) is 56.0 Å². The highest BCUT2D eigenvalue weighted by atomic mass is 19.4. The first kappa shape index (κ1) is 29.8. The van der Waals surface area contributed by atoms with Gasteiger partial charge >= 0.3 is 12.1 Å². The first-order valence-corrected chi connectivity index (χ1v) is 12.5. The fourth-order valence-electron chi connectivity index (χ4n) is 3.92. The van der Waals surface area contributed by atoms with Crippen molar-refractivity contribution in [1.29, 1.82) is 0 Å². The Labute approximate surface area is 217 Å². The van der Waals surface area contributed by atoms with Crippen LogP contribution in [0.25, 0.3) is 5.57 Å². The summed E-state index contributed by atoms with van der Waals surface area (Å²) in [5.74, 6) is -0.285. The quantitative estimate of drug-likeness (QED) is 0.161. The zero-order valence-corrected chi connectivity index (χ0v) is 21.7. The van der Waals surface area contributed by atoms with E-state index in [0.717, 1.165) is 18.1 Å². The van der Waals surface area contributed by atoms with Crippen LogP contribution in [0.15, 0.2) is 66.9 Å². The van der Waals surface area contributed by atoms with Gasteiger partial charge < -0.3 is 19.5 Å². The van der Waals surface area contributed by atoms with Crippen molar-refractivity contribution >= 4 is 11.5 Å². The third kappa shape index (κ3) is 8.88. The molecule has 5 nitrogen and oxygen atoms in total. The molecular weight excluding hydrogens is 483 g/mol. The van der Waals surface area contributed by atoms with E-state index in [1.807, 2.05) is 51.3 Å². The molecular formula is C29H36F3NO4. The van der Waals surface area contributed by atoms with Gasteiger partial charge in [-0.2, -0.15) is 13.2 Å². The normalized spacial score (nSPS) is 15.9. The highest BCUT2D eigenvalue weighted by Gasteiger charge is 2.35. The molecule has 1 heterocycles. The van der Waals surface area contributed by atoms with E-state index in [-0.39, 0.29) is 17.4 Å². The summed E-state index contributed by atoms with van der Waals surface area (Å²) >= 11 is 0. The van der Waals surface area contributed by atoms with Crippen LogP contribution in [-0.4, -0.2) is 48.0 Å². The predicted molar refractivity (Wildman–Crippen MR) is 141 cm³/mol. The van der Waals surface area contributed by atoms with Gasteiger partial charge in [0.25, 0.3) is 0 Å². The summed E-state index contributed by atoms with van der Waals surface area (Å²) in [5, 5.41) is 8.85. The molecule has 37 heavy (non-hydrogen) atoms. The molecule has 1 aromatic rings. The lowest BCUT2D eigenvalue weighted by Crippen LogP contribution is -2.31. The summed E-state index contributed by atoms with van der Waals surface area (Å²) in [6.07, 6.45) is 10.4. The van der Waals surface area contributed by atoms with E-state index in [2.05, 4.69) is 11.5 Å². The standard InChI is InChI=1S/C29H36F3NO4/c1-5-9-23-20-22(11-14-27(34)35)15-17-33(23)16-8-19-36-26-13-12-24(21(4)29(30,31)32)28(37-18-7-3)25(26)10-6-2/h5,9,11-15,17,20,23H,4,6-8,10,16,18-19H2,1-3H3,(H,34,35)/b9-5-,14-11+. The number of nitrogens with zero attached hydrogens (tertiary/aromatic N) is 1. The molecule has 1 N–H and O–H groups in total. The van der Waals surface area contributed by atoms with Gasteiger partial charge in [-0.1, -0.05) is 45.1 Å². The Morgan fingerprint density at radius 1 is 1.19 bits per heavy atom. The van der Waals surface area contributed by atoms with Crippen molar-refractivity contribution in [1.82, 2.24) is 4.90 Å². The third-order valence-electron chi connectivity index (χ3n) is 5.67. The number of ether oxygens (including phenoxy) is 2. The van der Waals surface area contributed by atoms with Crippen molar-refractivity contribution in [3.63, 3.8) is 0 Å². The van der Waals surface area contributed by atoms with E-state index in [9.17, 15) is 18.0 Å². The molecule has 202 valence electrons. The lowest BCUT2D eigenvalue weighted by Gasteiger charge is -2.29. The second kappa shape index (κ2) is 14.4. The number of halogens is 3. The predicted octanol–water partition coefficient (Wildman–Crippen LogP) is 7.11. The zero-order valence-electron chi connectivity index (χ0n) is 21.7. The topological polar surface area (TPSA) is 59.0 Å². The summed E-state index contributed by atoms with van der Waals surface area (Å²) in [6, 6.07) is 2.92. The Morgan fingerprint density at radius 3 is 2.57 bits per heavy atom. The number of hydrogen-bond acceptors (Lipinski definition) is 4. The molecule has 1 unspecified atom stereocenters. The van der Waals surface area contributed by atoms with Crippen LogP contribution in [0, 0.1) is 0 Å². The average Bonchev–Trinajstić information content (AvgIpc) is 2.85. The maximum Gasteiger partial charge on any atom is 0.416 e. The van der Waals surface area contributed by atoms with Gasteiger partial charge in [0.1, 0.15) is 11.5 Å². The molecule has 0 radical (unpaired) electrons. The Bertz CT molecular complexity index is 1050. The summed E-state index contributed by atoms with van der Waals surface area (Å²) in [5.41, 5.74) is 0.452. The van der Waals surface area contributed by atoms with E-state index in [1.54, 1.807) is 12.1 Å². The Morgan fingerprint density at radius 2 is 1.95 bits per heavy atom. The maximum absolute atomic E-state index is 13.4. The number of aliphatic carboxylic acids is 1. The SMILES string of the molecule is C=C(c1ccc(OCCCN2C=CC(/C=C/C(=O)O)=CC2/C=C\C)c(CCC)c1OCCC)C(F)(F)F. The van der Waals surface area contributed by atoms with Crippen LogP contribution in [0.4, 0.5) is 13.2 Å². The largest absolute Gasteiger partial charge is 0.493 e. The lowest BCUT2D eigenvalue weighted by molar-refractivity contribution is -0.131. The first-order valence-electron chi connectivity index (χ1n) is 12.5. The Kier molecular flexibility index (Phi) is 11.6. The van der Waals surface area contributed by atoms with Gasteiger partial charge in [0.15, 0.2) is 0 Å². The minimum atomic E-state index is -4.56. The second-order valence-corrected chi connectivity index (χ2v) is 8.60. The summed E-state index contributed by atoms with van der Waals surface area (Å²) in [4.78, 5) is 12.9. The minimum absolute atomic E-state index is 0.0270. The maximum atomic E-state index is 13.4. The molecule has 1 aromatic carbocycles. The van der Waals surface area contributed by atoms with E-state index >= 15 is 0 Å². The van der Waals surface area contributed by atoms with Crippen LogP contribution < -0.4 is 9.47 Å². The number of benzene rings is 1. The molecule has 0 saturated carbocycles. The number of carboxylic acid groups (broad SMARTS) is 1. The number of rotatable bonds is 14. The van der Waals surface area contributed by atoms with Crippen LogP contribution in [0.3, 0.4) is 0 Å². The smallest absolute Gasteiger partial charge is 0.416 e. The van der Waals surface area contributed by atoms with Crippen molar-refractivity contribution in [2.75, 3.05) is 19.8 Å². The molecule has 8 heteroatoms. The zero-order chi connectivity index (χ0) is 27.4. The van der Waals surface area contributed by atoms with Crippen LogP contribution in [0.2, 0.25) is 0 Å². The van der Waals surface area contributed by atoms with Gasteiger partial charge in [0, 0.05) is 29.9 Å². The summed E-state index contributed by atoms with van der Waals surface area (Å²) in [6.45, 7) is 10.4. The summed E-state index contributed by atoms with van der Waals surface area (Å²) in [7, 11) is 0. The third-order valence-corrected chi connectivity index (χ3v) is 5.67. The molecule has 0 fully saturated rings. The van der Waals surface area contributed by atoms with Crippen LogP contribution in [0.5, 0.6) is 11.5 Å². The van der Waals surface area contributed by atoms with E-state index in [0.29, 0.717) is 50.3 Å². The molecule has 0 spiro atoms. The average molecular weight is 520 g/mol. The van der Waals surface area contributed by atoms with Crippen LogP contribution in [-0.2, 0) is 11.2 Å². The van der Waals surface area contributed by atoms with Crippen molar-refractivity contribution in [2.45, 2.75) is 58.7 Å². The lowest BCUT2D eigenvalue weighted by atomic mass is 9.98. The highest BCUT2D eigenvalue weighted by molar-refractivity contribution is 5.80. The fourth-order valence-corrected chi connectivity index (χ4v) is 3.92. The van der Waals surface area contributed by atoms with Crippen molar-refractivity contribution < 1.29 is 32.5 Å². The van der Waals surface area contributed by atoms with Gasteiger partial charge in [-0.15, -0.1) is 0 Å². The monoisotopic (exact) mass is 519 g/mol. The van der Waals surface area contributed by atoms with E-state index in [1.165, 1.54) is 6.07 Å². The van der Waals surface area contributed by atoms with Crippen molar-refractivity contribution in [3.8, 4) is 11.5 Å². The Hall–Kier alpha value is -3.42. The molecule has 0 amide bonds. The summed E-state index contributed by atoms with van der Waals surface area (Å²) < 4.78 is 52.2. The van der Waals surface area contributed by atoms with Gasteiger partial charge in [0.05, 0.1) is 24.8 Å². The number of allylic oxidation sites excluding steroid dienone is 5. The van der Waals surface area contributed by atoms with Gasteiger partial charge in [0.2, 0.25) is 0 Å². The molecule has 1 aliphatic rings. The molecule has 0 aliphatic carbocycles. The van der Waals surface area contributed by atoms with E-state index < -0.39 is 17.7 Å². The fraction of sp³-hybridized carbons (Fsp3) is 0.414. The van der Waals surface area contributed by atoms with Crippen LogP contribution in [0.1, 0.15) is 51.2 Å². The molecule has 1 atom stereocenters. The van der Waals surface area contributed by atoms with Crippen molar-refractivity contribution in [3.05, 3.63) is 78.1 Å². The van der Waals surface area contributed by atoms with Crippen molar-refractivity contribution in [2.24, 2.45) is 0 Å². The number of alkyl halides is 3. The number of hydrogen-bond donors (Lipinski definition) is 1. The molecule has 0 saturated heterocycles. The molecule has 2 rings (SSSR count). The number of carboxylic acids is 1. The number of carbonyl (C=O) groups is 1.